The summed E-state index contributed by atoms with van der Waals surface area (Å²) >= 11 is 0. The number of para-hydroxylation sites is 1. The molecule has 0 atom stereocenters. The number of ether oxygens (including phenoxy) is 2. The molecule has 0 amide bonds. The molecule has 0 aliphatic carbocycles. The fourth-order valence-electron chi connectivity index (χ4n) is 2.43. The first-order chi connectivity index (χ1) is 12.9. The van der Waals surface area contributed by atoms with Crippen LogP contribution in [0.4, 0.5) is 13.2 Å². The molecule has 0 bridgehead atoms. The summed E-state index contributed by atoms with van der Waals surface area (Å²) in [5, 5.41) is 6.44. The van der Waals surface area contributed by atoms with Gasteiger partial charge >= 0.3 is 12.3 Å². The van der Waals surface area contributed by atoms with E-state index in [1.165, 1.54) is 18.2 Å². The van der Waals surface area contributed by atoms with Gasteiger partial charge in [0.15, 0.2) is 5.82 Å². The number of H-pyrrole nitrogens is 1. The summed E-state index contributed by atoms with van der Waals surface area (Å²) in [6.07, 6.45) is -4.80. The average molecular weight is 377 g/mol. The summed E-state index contributed by atoms with van der Waals surface area (Å²) in [7, 11) is 0. The third kappa shape index (κ3) is 4.43. The van der Waals surface area contributed by atoms with Crippen LogP contribution in [0.15, 0.2) is 48.5 Å². The van der Waals surface area contributed by atoms with Crippen LogP contribution in [0.1, 0.15) is 17.5 Å². The second kappa shape index (κ2) is 7.48. The zero-order valence-corrected chi connectivity index (χ0v) is 14.1. The van der Waals surface area contributed by atoms with Crippen molar-refractivity contribution in [1.82, 2.24) is 15.2 Å². The van der Waals surface area contributed by atoms with Gasteiger partial charge in [-0.25, -0.2) is 9.78 Å². The highest BCUT2D eigenvalue weighted by atomic mass is 19.4. The molecule has 3 aromatic rings. The first kappa shape index (κ1) is 18.4. The van der Waals surface area contributed by atoms with E-state index in [1.807, 2.05) is 0 Å². The van der Waals surface area contributed by atoms with Crippen molar-refractivity contribution >= 4 is 5.97 Å². The molecule has 140 valence electrons. The van der Waals surface area contributed by atoms with Crippen LogP contribution >= 0.6 is 0 Å². The predicted octanol–water partition coefficient (Wildman–Crippen LogP) is 4.21. The number of alkyl halides is 3. The van der Waals surface area contributed by atoms with Crippen molar-refractivity contribution < 1.29 is 27.4 Å². The van der Waals surface area contributed by atoms with Crippen molar-refractivity contribution in [2.75, 3.05) is 6.61 Å². The quantitative estimate of drug-likeness (QED) is 0.674. The van der Waals surface area contributed by atoms with Gasteiger partial charge in [-0.3, -0.25) is 5.10 Å². The van der Waals surface area contributed by atoms with Gasteiger partial charge in [-0.15, -0.1) is 13.2 Å². The maximum Gasteiger partial charge on any atom is 0.573 e. The Morgan fingerprint density at radius 3 is 2.59 bits per heavy atom. The minimum Gasteiger partial charge on any atom is -0.460 e. The van der Waals surface area contributed by atoms with Crippen LogP contribution in [0.2, 0.25) is 0 Å². The lowest BCUT2D eigenvalue weighted by molar-refractivity contribution is -0.274. The lowest BCUT2D eigenvalue weighted by atomic mass is 10.0. The Morgan fingerprint density at radius 2 is 1.85 bits per heavy atom. The zero-order chi connectivity index (χ0) is 19.4. The predicted molar refractivity (Wildman–Crippen MR) is 89.9 cm³/mol. The number of benzene rings is 2. The molecule has 27 heavy (non-hydrogen) atoms. The number of aromatic amines is 1. The van der Waals surface area contributed by atoms with Gasteiger partial charge < -0.3 is 9.47 Å². The lowest BCUT2D eigenvalue weighted by Crippen LogP contribution is -2.17. The minimum atomic E-state index is -4.80. The van der Waals surface area contributed by atoms with E-state index in [0.717, 1.165) is 0 Å². The smallest absolute Gasteiger partial charge is 0.460 e. The summed E-state index contributed by atoms with van der Waals surface area (Å²) in [4.78, 5) is 15.7. The third-order valence-electron chi connectivity index (χ3n) is 3.50. The van der Waals surface area contributed by atoms with E-state index in [9.17, 15) is 18.0 Å². The van der Waals surface area contributed by atoms with Gasteiger partial charge in [0, 0.05) is 11.1 Å². The molecule has 1 aromatic heterocycles. The first-order valence-electron chi connectivity index (χ1n) is 7.92. The van der Waals surface area contributed by atoms with E-state index in [2.05, 4.69) is 19.9 Å². The van der Waals surface area contributed by atoms with Crippen LogP contribution in [0.25, 0.3) is 22.5 Å². The van der Waals surface area contributed by atoms with Gasteiger partial charge in [0.25, 0.3) is 0 Å². The molecule has 0 fully saturated rings. The number of carbonyl (C=O) groups excluding carboxylic acids is 1. The van der Waals surface area contributed by atoms with Gasteiger partial charge in [-0.2, -0.15) is 5.10 Å². The number of rotatable bonds is 5. The molecule has 0 aliphatic heterocycles. The summed E-state index contributed by atoms with van der Waals surface area (Å²) < 4.78 is 46.8. The molecule has 0 radical (unpaired) electrons. The SMILES string of the molecule is CCOC(=O)c1nc(-c2cccc(-c3ccccc3OC(F)(F)F)c2)n[nH]1. The number of halogens is 3. The highest BCUT2D eigenvalue weighted by Crippen LogP contribution is 2.34. The van der Waals surface area contributed by atoms with Crippen LogP contribution < -0.4 is 4.74 Å². The van der Waals surface area contributed by atoms with Crippen LogP contribution in [0.3, 0.4) is 0 Å². The van der Waals surface area contributed by atoms with E-state index >= 15 is 0 Å². The van der Waals surface area contributed by atoms with Gasteiger partial charge in [0.1, 0.15) is 5.75 Å². The zero-order valence-electron chi connectivity index (χ0n) is 14.1. The normalized spacial score (nSPS) is 11.3. The number of hydrogen-bond acceptors (Lipinski definition) is 5. The summed E-state index contributed by atoms with van der Waals surface area (Å²) in [5.74, 6) is -0.798. The van der Waals surface area contributed by atoms with Gasteiger partial charge in [-0.1, -0.05) is 36.4 Å². The number of nitrogens with zero attached hydrogens (tertiary/aromatic N) is 2. The second-order valence-electron chi connectivity index (χ2n) is 5.35. The summed E-state index contributed by atoms with van der Waals surface area (Å²) in [5.41, 5.74) is 1.26. The Hall–Kier alpha value is -3.36. The average Bonchev–Trinajstić information content (AvgIpc) is 3.11. The number of nitrogens with one attached hydrogen (secondary N) is 1. The van der Waals surface area contributed by atoms with E-state index in [1.54, 1.807) is 37.3 Å². The first-order valence-corrected chi connectivity index (χ1v) is 7.92. The van der Waals surface area contributed by atoms with E-state index in [0.29, 0.717) is 11.1 Å². The Bertz CT molecular complexity index is 954. The van der Waals surface area contributed by atoms with Crippen molar-refractivity contribution in [2.45, 2.75) is 13.3 Å². The standard InChI is InChI=1S/C18H14F3N3O3/c1-2-26-17(25)16-22-15(23-24-16)12-7-5-6-11(10-12)13-8-3-4-9-14(13)27-18(19,20)21/h3-10H,2H2,1H3,(H,22,23,24). The van der Waals surface area contributed by atoms with Crippen LogP contribution in [0.5, 0.6) is 5.75 Å². The molecule has 0 saturated heterocycles. The molecule has 2 aromatic carbocycles. The number of hydrogen-bond donors (Lipinski definition) is 1. The molecule has 0 unspecified atom stereocenters. The Labute approximate surface area is 152 Å². The highest BCUT2D eigenvalue weighted by molar-refractivity contribution is 5.85. The summed E-state index contributed by atoms with van der Waals surface area (Å²) in [6, 6.07) is 12.4. The van der Waals surface area contributed by atoms with Gasteiger partial charge in [0.2, 0.25) is 5.82 Å². The maximum absolute atomic E-state index is 12.6. The molecular weight excluding hydrogens is 363 g/mol. The van der Waals surface area contributed by atoms with E-state index in [-0.39, 0.29) is 29.6 Å². The van der Waals surface area contributed by atoms with E-state index in [4.69, 9.17) is 4.74 Å². The van der Waals surface area contributed by atoms with Crippen molar-refractivity contribution in [3.63, 3.8) is 0 Å². The molecule has 3 rings (SSSR count). The third-order valence-corrected chi connectivity index (χ3v) is 3.50. The molecule has 6 nitrogen and oxygen atoms in total. The maximum atomic E-state index is 12.6. The fraction of sp³-hybridized carbons (Fsp3) is 0.167. The van der Waals surface area contributed by atoms with Crippen LogP contribution in [-0.4, -0.2) is 34.1 Å². The lowest BCUT2D eigenvalue weighted by Gasteiger charge is -2.13. The molecule has 9 heteroatoms. The van der Waals surface area contributed by atoms with Crippen molar-refractivity contribution in [3.05, 3.63) is 54.4 Å². The largest absolute Gasteiger partial charge is 0.573 e. The molecule has 1 heterocycles. The molecular formula is C18H14F3N3O3. The molecule has 1 N–H and O–H groups in total. The van der Waals surface area contributed by atoms with Crippen molar-refractivity contribution in [3.8, 4) is 28.3 Å². The van der Waals surface area contributed by atoms with Crippen LogP contribution in [0, 0.1) is 0 Å². The Morgan fingerprint density at radius 1 is 1.11 bits per heavy atom. The van der Waals surface area contributed by atoms with Gasteiger partial charge in [0.05, 0.1) is 6.61 Å². The topological polar surface area (TPSA) is 77.1 Å². The molecule has 0 spiro atoms. The minimum absolute atomic E-state index is 0.0574. The Kier molecular flexibility index (Phi) is 5.11. The molecule has 0 saturated carbocycles. The molecule has 0 aliphatic rings. The van der Waals surface area contributed by atoms with Crippen molar-refractivity contribution in [2.24, 2.45) is 0 Å². The summed E-state index contributed by atoms with van der Waals surface area (Å²) in [6.45, 7) is 1.86. The fourth-order valence-corrected chi connectivity index (χ4v) is 2.43. The van der Waals surface area contributed by atoms with Crippen molar-refractivity contribution in [1.29, 1.82) is 0 Å². The number of carbonyl (C=O) groups is 1. The number of aromatic nitrogens is 3. The highest BCUT2D eigenvalue weighted by Gasteiger charge is 2.32. The monoisotopic (exact) mass is 377 g/mol. The van der Waals surface area contributed by atoms with Crippen LogP contribution in [-0.2, 0) is 4.74 Å². The second-order valence-corrected chi connectivity index (χ2v) is 5.35. The van der Waals surface area contributed by atoms with Gasteiger partial charge in [-0.05, 0) is 24.6 Å². The Balaban J connectivity index is 1.95. The number of esters is 1. The van der Waals surface area contributed by atoms with E-state index < -0.39 is 12.3 Å².